The van der Waals surface area contributed by atoms with Gasteiger partial charge in [-0.2, -0.15) is 13.2 Å². The fourth-order valence-electron chi connectivity index (χ4n) is 1.51. The average Bonchev–Trinajstić information content (AvgIpc) is 1.81. The quantitative estimate of drug-likeness (QED) is 0.743. The number of halogens is 4. The number of hydrogen-bond acceptors (Lipinski definition) is 1. The second-order valence-corrected chi connectivity index (χ2v) is 3.83. The maximum atomic E-state index is 12.4. The summed E-state index contributed by atoms with van der Waals surface area (Å²) >= 11 is 2.87. The molecule has 1 atom stereocenters. The highest BCUT2D eigenvalue weighted by molar-refractivity contribution is 9.09. The molecular weight excluding hydrogens is 237 g/mol. The minimum absolute atomic E-state index is 0.00743. The van der Waals surface area contributed by atoms with E-state index >= 15 is 0 Å². The van der Waals surface area contributed by atoms with Gasteiger partial charge in [-0.05, 0) is 12.8 Å². The van der Waals surface area contributed by atoms with E-state index in [9.17, 15) is 18.3 Å². The first-order valence-corrected chi connectivity index (χ1v) is 4.87. The largest absolute Gasteiger partial charge is 0.397 e. The summed E-state index contributed by atoms with van der Waals surface area (Å²) in [5.74, 6) is 0. The standard InChI is InChI=1S/C7H10BrF3O/c8-4-5(12)6(2-1-3-6)7(9,10)11/h5,12H,1-4H2. The Labute approximate surface area is 77.1 Å². The highest BCUT2D eigenvalue weighted by Gasteiger charge is 2.61. The van der Waals surface area contributed by atoms with E-state index in [1.165, 1.54) is 0 Å². The van der Waals surface area contributed by atoms with Gasteiger partial charge in [0, 0.05) is 5.33 Å². The smallest absolute Gasteiger partial charge is 0.391 e. The fraction of sp³-hybridized carbons (Fsp3) is 1.00. The molecule has 0 saturated heterocycles. The summed E-state index contributed by atoms with van der Waals surface area (Å²) in [5, 5.41) is 9.19. The lowest BCUT2D eigenvalue weighted by Crippen LogP contribution is -2.53. The minimum Gasteiger partial charge on any atom is -0.391 e. The minimum atomic E-state index is -4.27. The molecule has 1 N–H and O–H groups in total. The lowest BCUT2D eigenvalue weighted by atomic mass is 9.65. The van der Waals surface area contributed by atoms with Crippen LogP contribution in [0.4, 0.5) is 13.2 Å². The first-order chi connectivity index (χ1) is 5.44. The summed E-state index contributed by atoms with van der Waals surface area (Å²) in [6.45, 7) is 0. The molecule has 1 fully saturated rings. The summed E-state index contributed by atoms with van der Waals surface area (Å²) in [7, 11) is 0. The van der Waals surface area contributed by atoms with Crippen LogP contribution < -0.4 is 0 Å². The summed E-state index contributed by atoms with van der Waals surface area (Å²) in [6, 6.07) is 0. The van der Waals surface area contributed by atoms with Gasteiger partial charge in [0.25, 0.3) is 0 Å². The third-order valence-corrected chi connectivity index (χ3v) is 3.21. The van der Waals surface area contributed by atoms with Crippen LogP contribution in [0.1, 0.15) is 19.3 Å². The molecular formula is C7H10BrF3O. The molecule has 72 valence electrons. The van der Waals surface area contributed by atoms with Crippen molar-refractivity contribution in [2.75, 3.05) is 5.33 Å². The Morgan fingerprint density at radius 3 is 2.00 bits per heavy atom. The molecule has 1 nitrogen and oxygen atoms in total. The number of aliphatic hydroxyl groups excluding tert-OH is 1. The van der Waals surface area contributed by atoms with E-state index in [0.29, 0.717) is 6.42 Å². The van der Waals surface area contributed by atoms with Crippen molar-refractivity contribution in [1.29, 1.82) is 0 Å². The van der Waals surface area contributed by atoms with Crippen LogP contribution in [0, 0.1) is 5.41 Å². The highest BCUT2D eigenvalue weighted by atomic mass is 79.9. The maximum absolute atomic E-state index is 12.4. The van der Waals surface area contributed by atoms with E-state index in [4.69, 9.17) is 0 Å². The fourth-order valence-corrected chi connectivity index (χ4v) is 2.13. The van der Waals surface area contributed by atoms with Crippen LogP contribution in [0.2, 0.25) is 0 Å². The zero-order valence-corrected chi connectivity index (χ0v) is 7.95. The van der Waals surface area contributed by atoms with Gasteiger partial charge in [-0.3, -0.25) is 0 Å². The molecule has 0 heterocycles. The molecule has 0 bridgehead atoms. The third kappa shape index (κ3) is 1.37. The highest BCUT2D eigenvalue weighted by Crippen LogP contribution is 2.55. The summed E-state index contributed by atoms with van der Waals surface area (Å²) < 4.78 is 37.2. The number of alkyl halides is 4. The Bertz CT molecular complexity index is 165. The molecule has 1 unspecified atom stereocenters. The van der Waals surface area contributed by atoms with Gasteiger partial charge in [-0.15, -0.1) is 0 Å². The van der Waals surface area contributed by atoms with Crippen LogP contribution in [-0.4, -0.2) is 22.7 Å². The monoisotopic (exact) mass is 246 g/mol. The van der Waals surface area contributed by atoms with E-state index in [1.54, 1.807) is 0 Å². The number of aliphatic hydroxyl groups is 1. The van der Waals surface area contributed by atoms with Crippen LogP contribution in [0.5, 0.6) is 0 Å². The van der Waals surface area contributed by atoms with Gasteiger partial charge in [0.05, 0.1) is 11.5 Å². The van der Waals surface area contributed by atoms with Gasteiger partial charge in [-0.25, -0.2) is 0 Å². The Hall–Kier alpha value is 0.230. The first-order valence-electron chi connectivity index (χ1n) is 3.75. The van der Waals surface area contributed by atoms with E-state index in [1.807, 2.05) is 0 Å². The van der Waals surface area contributed by atoms with Gasteiger partial charge in [0.15, 0.2) is 0 Å². The summed E-state index contributed by atoms with van der Waals surface area (Å²) in [4.78, 5) is 0. The Kier molecular flexibility index (Phi) is 2.73. The van der Waals surface area contributed by atoms with E-state index in [-0.39, 0.29) is 18.2 Å². The van der Waals surface area contributed by atoms with Crippen molar-refractivity contribution in [1.82, 2.24) is 0 Å². The average molecular weight is 247 g/mol. The molecule has 0 spiro atoms. The van der Waals surface area contributed by atoms with Gasteiger partial charge >= 0.3 is 6.18 Å². The molecule has 0 aliphatic heterocycles. The van der Waals surface area contributed by atoms with Crippen LogP contribution >= 0.6 is 15.9 Å². The molecule has 12 heavy (non-hydrogen) atoms. The number of hydrogen-bond donors (Lipinski definition) is 1. The van der Waals surface area contributed by atoms with Gasteiger partial charge in [-0.1, -0.05) is 22.4 Å². The molecule has 0 aromatic carbocycles. The van der Waals surface area contributed by atoms with Gasteiger partial charge in [0.1, 0.15) is 0 Å². The Morgan fingerprint density at radius 2 is 1.92 bits per heavy atom. The lowest BCUT2D eigenvalue weighted by molar-refractivity contribution is -0.278. The van der Waals surface area contributed by atoms with Crippen molar-refractivity contribution in [3.05, 3.63) is 0 Å². The predicted octanol–water partition coefficient (Wildman–Crippen LogP) is 2.47. The van der Waals surface area contributed by atoms with Crippen molar-refractivity contribution in [2.24, 2.45) is 5.41 Å². The SMILES string of the molecule is OC(CBr)C1(C(F)(F)F)CCC1. The molecule has 5 heteroatoms. The molecule has 0 aromatic rings. The molecule has 0 radical (unpaired) electrons. The van der Waals surface area contributed by atoms with E-state index in [2.05, 4.69) is 15.9 Å². The molecule has 1 rings (SSSR count). The van der Waals surface area contributed by atoms with Gasteiger partial charge in [0.2, 0.25) is 0 Å². The molecule has 1 saturated carbocycles. The van der Waals surface area contributed by atoms with Gasteiger partial charge < -0.3 is 5.11 Å². The summed E-state index contributed by atoms with van der Waals surface area (Å²) in [5.41, 5.74) is -1.82. The van der Waals surface area contributed by atoms with Crippen LogP contribution in [0.25, 0.3) is 0 Å². The Morgan fingerprint density at radius 1 is 1.42 bits per heavy atom. The predicted molar refractivity (Wildman–Crippen MR) is 42.1 cm³/mol. The van der Waals surface area contributed by atoms with E-state index < -0.39 is 17.7 Å². The second-order valence-electron chi connectivity index (χ2n) is 3.18. The first kappa shape index (κ1) is 10.3. The van der Waals surface area contributed by atoms with Crippen molar-refractivity contribution in [2.45, 2.75) is 31.5 Å². The molecule has 0 aromatic heterocycles. The molecule has 1 aliphatic carbocycles. The topological polar surface area (TPSA) is 20.2 Å². The zero-order chi connectivity index (χ0) is 9.41. The van der Waals surface area contributed by atoms with Crippen molar-refractivity contribution < 1.29 is 18.3 Å². The van der Waals surface area contributed by atoms with Crippen molar-refractivity contribution in [3.8, 4) is 0 Å². The van der Waals surface area contributed by atoms with E-state index in [0.717, 1.165) is 0 Å². The van der Waals surface area contributed by atoms with Crippen molar-refractivity contribution in [3.63, 3.8) is 0 Å². The normalized spacial score (nSPS) is 24.8. The maximum Gasteiger partial charge on any atom is 0.397 e. The molecule has 0 amide bonds. The van der Waals surface area contributed by atoms with Crippen LogP contribution in [-0.2, 0) is 0 Å². The number of rotatable bonds is 2. The third-order valence-electron chi connectivity index (χ3n) is 2.59. The summed E-state index contributed by atoms with van der Waals surface area (Å²) in [6.07, 6.45) is -4.89. The Balaban J connectivity index is 2.76. The van der Waals surface area contributed by atoms with Crippen LogP contribution in [0.15, 0.2) is 0 Å². The lowest BCUT2D eigenvalue weighted by Gasteiger charge is -2.45. The van der Waals surface area contributed by atoms with Crippen LogP contribution in [0.3, 0.4) is 0 Å². The van der Waals surface area contributed by atoms with Crippen molar-refractivity contribution >= 4 is 15.9 Å². The zero-order valence-electron chi connectivity index (χ0n) is 6.36. The molecule has 1 aliphatic rings. The second kappa shape index (κ2) is 3.18.